The first kappa shape index (κ1) is 9.86. The van der Waals surface area contributed by atoms with E-state index in [2.05, 4.69) is 4.99 Å². The van der Waals surface area contributed by atoms with Crippen LogP contribution < -0.4 is 0 Å². The van der Waals surface area contributed by atoms with Gasteiger partial charge < -0.3 is 4.74 Å². The third-order valence-electron chi connectivity index (χ3n) is 2.13. The lowest BCUT2D eigenvalue weighted by molar-refractivity contribution is -0.137. The van der Waals surface area contributed by atoms with Crippen molar-refractivity contribution in [2.24, 2.45) is 4.99 Å². The van der Waals surface area contributed by atoms with Crippen molar-refractivity contribution in [3.05, 3.63) is 36.6 Å². The molecule has 2 rings (SSSR count). The van der Waals surface area contributed by atoms with Crippen molar-refractivity contribution in [1.82, 2.24) is 4.90 Å². The summed E-state index contributed by atoms with van der Waals surface area (Å²) in [5.74, 6) is 0.631. The monoisotopic (exact) mass is 204 g/mol. The van der Waals surface area contributed by atoms with Crippen LogP contribution in [0.1, 0.15) is 0 Å². The van der Waals surface area contributed by atoms with E-state index in [1.54, 1.807) is 11.1 Å². The number of rotatable bonds is 0. The highest BCUT2D eigenvalue weighted by atomic mass is 16.5. The molecule has 1 saturated heterocycles. The summed E-state index contributed by atoms with van der Waals surface area (Å²) < 4.78 is 5.06. The van der Waals surface area contributed by atoms with Gasteiger partial charge in [-0.1, -0.05) is 18.2 Å². The molecule has 0 radical (unpaired) electrons. The highest BCUT2D eigenvalue weighted by Crippen LogP contribution is 2.04. The van der Waals surface area contributed by atoms with E-state index in [4.69, 9.17) is 4.74 Å². The highest BCUT2D eigenvalue weighted by Gasteiger charge is 2.21. The molecule has 2 aliphatic heterocycles. The number of ether oxygens (including phenoxy) is 1. The molecule has 15 heavy (non-hydrogen) atoms. The molecule has 0 N–H and O–H groups in total. The average molecular weight is 204 g/mol. The van der Waals surface area contributed by atoms with E-state index < -0.39 is 0 Å². The first-order valence-corrected chi connectivity index (χ1v) is 4.84. The van der Waals surface area contributed by atoms with Gasteiger partial charge in [0.2, 0.25) is 0 Å². The Balaban J connectivity index is 2.17. The summed E-state index contributed by atoms with van der Waals surface area (Å²) >= 11 is 0. The minimum atomic E-state index is -0.0393. The van der Waals surface area contributed by atoms with Gasteiger partial charge in [0.25, 0.3) is 5.91 Å². The number of aliphatic imine (C=N–C) groups is 1. The molecule has 1 amide bonds. The maximum absolute atomic E-state index is 11.5. The predicted octanol–water partition coefficient (Wildman–Crippen LogP) is 0.883. The standard InChI is InChI=1S/C11H12N2O2/c14-11-9-15-8-7-13(11)10-5-3-1-2-4-6-12-10/h1-6H,7-9H2/b2-1-,3-1?,4-2?,5-3-,6-4-,10-5?,12-6?,12-10+. The molecular formula is C11H12N2O2. The van der Waals surface area contributed by atoms with Crippen LogP contribution in [0, 0.1) is 0 Å². The van der Waals surface area contributed by atoms with Crippen molar-refractivity contribution >= 4 is 11.7 Å². The van der Waals surface area contributed by atoms with Crippen molar-refractivity contribution in [3.63, 3.8) is 0 Å². The lowest BCUT2D eigenvalue weighted by atomic mass is 10.3. The van der Waals surface area contributed by atoms with Gasteiger partial charge in [-0.3, -0.25) is 9.69 Å². The van der Waals surface area contributed by atoms with Gasteiger partial charge in [0.05, 0.1) is 13.2 Å². The summed E-state index contributed by atoms with van der Waals surface area (Å²) in [5, 5.41) is 0. The molecule has 4 heteroatoms. The molecule has 0 atom stereocenters. The third kappa shape index (κ3) is 2.41. The van der Waals surface area contributed by atoms with Crippen LogP contribution in [0.2, 0.25) is 0 Å². The zero-order chi connectivity index (χ0) is 10.5. The van der Waals surface area contributed by atoms with Crippen molar-refractivity contribution in [3.8, 4) is 0 Å². The molecule has 0 spiro atoms. The van der Waals surface area contributed by atoms with Gasteiger partial charge in [0.1, 0.15) is 12.4 Å². The van der Waals surface area contributed by atoms with E-state index >= 15 is 0 Å². The number of hydrogen-bond acceptors (Lipinski definition) is 3. The fraction of sp³-hybridized carbons (Fsp3) is 0.273. The molecule has 2 aliphatic rings. The van der Waals surface area contributed by atoms with Crippen LogP contribution in [-0.4, -0.2) is 36.4 Å². The molecule has 78 valence electrons. The van der Waals surface area contributed by atoms with Crippen LogP contribution in [0.15, 0.2) is 41.6 Å². The Kier molecular flexibility index (Phi) is 3.09. The molecule has 0 saturated carbocycles. The quantitative estimate of drug-likeness (QED) is 0.588. The summed E-state index contributed by atoms with van der Waals surface area (Å²) in [4.78, 5) is 17.4. The number of amides is 1. The van der Waals surface area contributed by atoms with E-state index in [1.165, 1.54) is 0 Å². The summed E-state index contributed by atoms with van der Waals surface area (Å²) in [6.07, 6.45) is 11.0. The zero-order valence-electron chi connectivity index (χ0n) is 8.30. The Morgan fingerprint density at radius 1 is 1.27 bits per heavy atom. The van der Waals surface area contributed by atoms with E-state index in [9.17, 15) is 4.79 Å². The van der Waals surface area contributed by atoms with Crippen LogP contribution in [-0.2, 0) is 9.53 Å². The molecule has 0 aromatic heterocycles. The van der Waals surface area contributed by atoms with Crippen LogP contribution >= 0.6 is 0 Å². The maximum Gasteiger partial charge on any atom is 0.254 e. The Morgan fingerprint density at radius 3 is 3.00 bits per heavy atom. The second-order valence-corrected chi connectivity index (χ2v) is 3.17. The Hall–Kier alpha value is -1.68. The molecule has 1 fully saturated rings. The average Bonchev–Trinajstić information content (AvgIpc) is 2.19. The smallest absolute Gasteiger partial charge is 0.254 e. The molecule has 0 aromatic rings. The Morgan fingerprint density at radius 2 is 2.13 bits per heavy atom. The fourth-order valence-corrected chi connectivity index (χ4v) is 1.40. The van der Waals surface area contributed by atoms with Gasteiger partial charge in [-0.15, -0.1) is 0 Å². The summed E-state index contributed by atoms with van der Waals surface area (Å²) in [5.41, 5.74) is 0. The van der Waals surface area contributed by atoms with Gasteiger partial charge in [-0.05, 0) is 12.2 Å². The maximum atomic E-state index is 11.5. The zero-order valence-corrected chi connectivity index (χ0v) is 8.30. The van der Waals surface area contributed by atoms with Gasteiger partial charge in [-0.2, -0.15) is 0 Å². The van der Waals surface area contributed by atoms with E-state index in [0.29, 0.717) is 19.0 Å². The molecule has 4 nitrogen and oxygen atoms in total. The molecule has 0 bridgehead atoms. The van der Waals surface area contributed by atoms with Crippen LogP contribution in [0.25, 0.3) is 0 Å². The topological polar surface area (TPSA) is 41.9 Å². The number of amidine groups is 1. The lowest BCUT2D eigenvalue weighted by Crippen LogP contribution is -2.44. The largest absolute Gasteiger partial charge is 0.370 e. The molecule has 2 heterocycles. The minimum Gasteiger partial charge on any atom is -0.370 e. The van der Waals surface area contributed by atoms with Gasteiger partial charge in [0, 0.05) is 6.20 Å². The second kappa shape index (κ2) is 4.70. The van der Waals surface area contributed by atoms with Crippen molar-refractivity contribution < 1.29 is 9.53 Å². The number of carbonyl (C=O) groups excluding carboxylic acids is 1. The number of morpholine rings is 1. The minimum absolute atomic E-state index is 0.0393. The van der Waals surface area contributed by atoms with Crippen molar-refractivity contribution in [2.75, 3.05) is 19.8 Å². The van der Waals surface area contributed by atoms with Crippen molar-refractivity contribution in [1.29, 1.82) is 0 Å². The summed E-state index contributed by atoms with van der Waals surface area (Å²) in [7, 11) is 0. The number of hydrogen-bond donors (Lipinski definition) is 0. The number of nitrogens with zero attached hydrogens (tertiary/aromatic N) is 2. The Labute approximate surface area is 88.2 Å². The van der Waals surface area contributed by atoms with E-state index in [0.717, 1.165) is 0 Å². The highest BCUT2D eigenvalue weighted by molar-refractivity contribution is 6.05. The van der Waals surface area contributed by atoms with Gasteiger partial charge >= 0.3 is 0 Å². The van der Waals surface area contributed by atoms with Crippen molar-refractivity contribution in [2.45, 2.75) is 0 Å². The normalized spacial score (nSPS) is 31.1. The van der Waals surface area contributed by atoms with Crippen LogP contribution in [0.4, 0.5) is 0 Å². The first-order valence-electron chi connectivity index (χ1n) is 4.84. The summed E-state index contributed by atoms with van der Waals surface area (Å²) in [6, 6.07) is 0. The SMILES string of the molecule is O=C1COCCN1C1=N/C=C\C=C/C=C\1. The van der Waals surface area contributed by atoms with E-state index in [1.807, 2.05) is 30.4 Å². The molecule has 0 aliphatic carbocycles. The summed E-state index contributed by atoms with van der Waals surface area (Å²) in [6.45, 7) is 1.28. The second-order valence-electron chi connectivity index (χ2n) is 3.17. The first-order chi connectivity index (χ1) is 7.38. The molecule has 0 aromatic carbocycles. The fourth-order valence-electron chi connectivity index (χ4n) is 1.40. The van der Waals surface area contributed by atoms with Gasteiger partial charge in [-0.25, -0.2) is 4.99 Å². The predicted molar refractivity (Wildman–Crippen MR) is 57.4 cm³/mol. The molecular weight excluding hydrogens is 192 g/mol. The lowest BCUT2D eigenvalue weighted by Gasteiger charge is -2.26. The Bertz CT molecular complexity index is 367. The molecule has 0 unspecified atom stereocenters. The van der Waals surface area contributed by atoms with Crippen LogP contribution in [0.3, 0.4) is 0 Å². The third-order valence-corrected chi connectivity index (χ3v) is 2.13. The van der Waals surface area contributed by atoms with Gasteiger partial charge in [0.15, 0.2) is 0 Å². The van der Waals surface area contributed by atoms with E-state index in [-0.39, 0.29) is 12.5 Å². The number of carbonyl (C=O) groups is 1. The van der Waals surface area contributed by atoms with Crippen LogP contribution in [0.5, 0.6) is 0 Å². The number of allylic oxidation sites excluding steroid dienone is 4.